The molecule has 0 saturated carbocycles. The van der Waals surface area contributed by atoms with Crippen LogP contribution >= 0.6 is 0 Å². The standard InChI is InChI=1S/C22H29N3O3/c1-15-7-9-17(10-8-15)20-19(18(21(26)27)11-14-28-3)16(2)23-22(24-20)25-12-5-4-6-13-25/h7-10,18H,4-6,11-14H2,1-3H3,(H,26,27). The van der Waals surface area contributed by atoms with Crippen molar-refractivity contribution in [3.63, 3.8) is 0 Å². The summed E-state index contributed by atoms with van der Waals surface area (Å²) >= 11 is 0. The van der Waals surface area contributed by atoms with Gasteiger partial charge in [-0.05, 0) is 39.5 Å². The second-order valence-electron chi connectivity index (χ2n) is 7.46. The van der Waals surface area contributed by atoms with E-state index in [0.29, 0.717) is 24.5 Å². The first-order chi connectivity index (χ1) is 13.5. The van der Waals surface area contributed by atoms with E-state index in [9.17, 15) is 9.90 Å². The number of hydrogen-bond acceptors (Lipinski definition) is 5. The van der Waals surface area contributed by atoms with Crippen LogP contribution in [0.4, 0.5) is 5.95 Å². The molecule has 150 valence electrons. The predicted octanol–water partition coefficient (Wildman–Crippen LogP) is 3.96. The molecule has 1 aliphatic rings. The lowest BCUT2D eigenvalue weighted by atomic mass is 9.90. The number of carbonyl (C=O) groups is 1. The number of piperidine rings is 1. The Balaban J connectivity index is 2.13. The topological polar surface area (TPSA) is 75.6 Å². The minimum Gasteiger partial charge on any atom is -0.481 e. The number of nitrogens with zero attached hydrogens (tertiary/aromatic N) is 3. The third kappa shape index (κ3) is 4.50. The van der Waals surface area contributed by atoms with Crippen LogP contribution in [0.3, 0.4) is 0 Å². The van der Waals surface area contributed by atoms with Crippen molar-refractivity contribution in [3.05, 3.63) is 41.1 Å². The van der Waals surface area contributed by atoms with Crippen LogP contribution in [0.1, 0.15) is 48.4 Å². The zero-order valence-corrected chi connectivity index (χ0v) is 16.9. The number of anilines is 1. The number of benzene rings is 1. The lowest BCUT2D eigenvalue weighted by Gasteiger charge is -2.28. The van der Waals surface area contributed by atoms with Crippen molar-refractivity contribution in [2.24, 2.45) is 0 Å². The van der Waals surface area contributed by atoms with Gasteiger partial charge in [0.05, 0.1) is 11.6 Å². The molecular formula is C22H29N3O3. The second kappa shape index (κ2) is 9.15. The van der Waals surface area contributed by atoms with Crippen molar-refractivity contribution >= 4 is 11.9 Å². The zero-order chi connectivity index (χ0) is 20.1. The minimum atomic E-state index is -0.872. The first-order valence-corrected chi connectivity index (χ1v) is 9.93. The van der Waals surface area contributed by atoms with Gasteiger partial charge in [-0.25, -0.2) is 9.97 Å². The zero-order valence-electron chi connectivity index (χ0n) is 16.9. The molecule has 2 heterocycles. The number of aromatic nitrogens is 2. The van der Waals surface area contributed by atoms with Crippen molar-refractivity contribution in [1.82, 2.24) is 9.97 Å². The summed E-state index contributed by atoms with van der Waals surface area (Å²) < 4.78 is 5.15. The molecule has 1 unspecified atom stereocenters. The summed E-state index contributed by atoms with van der Waals surface area (Å²) in [5.74, 6) is -0.873. The molecule has 0 radical (unpaired) electrons. The van der Waals surface area contributed by atoms with Crippen LogP contribution in [-0.2, 0) is 9.53 Å². The van der Waals surface area contributed by atoms with E-state index in [1.807, 2.05) is 38.1 Å². The van der Waals surface area contributed by atoms with E-state index in [1.165, 1.54) is 6.42 Å². The number of rotatable bonds is 7. The van der Waals surface area contributed by atoms with Gasteiger partial charge in [0.25, 0.3) is 0 Å². The van der Waals surface area contributed by atoms with Crippen LogP contribution in [0.15, 0.2) is 24.3 Å². The summed E-state index contributed by atoms with van der Waals surface area (Å²) in [6.07, 6.45) is 3.89. The number of carboxylic acid groups (broad SMARTS) is 1. The van der Waals surface area contributed by atoms with Crippen molar-refractivity contribution in [3.8, 4) is 11.3 Å². The fraction of sp³-hybridized carbons (Fsp3) is 0.500. The Morgan fingerprint density at radius 1 is 1.14 bits per heavy atom. The van der Waals surface area contributed by atoms with Crippen molar-refractivity contribution < 1.29 is 14.6 Å². The smallest absolute Gasteiger partial charge is 0.311 e. The molecule has 6 heteroatoms. The summed E-state index contributed by atoms with van der Waals surface area (Å²) in [4.78, 5) is 23.9. The van der Waals surface area contributed by atoms with Crippen LogP contribution in [-0.4, -0.2) is 47.8 Å². The fourth-order valence-electron chi connectivity index (χ4n) is 3.78. The van der Waals surface area contributed by atoms with Crippen LogP contribution in [0, 0.1) is 13.8 Å². The quantitative estimate of drug-likeness (QED) is 0.780. The number of methoxy groups -OCH3 is 1. The molecule has 0 amide bonds. The van der Waals surface area contributed by atoms with E-state index < -0.39 is 11.9 Å². The van der Waals surface area contributed by atoms with Gasteiger partial charge >= 0.3 is 5.97 Å². The van der Waals surface area contributed by atoms with Gasteiger partial charge in [0, 0.05) is 43.6 Å². The maximum absolute atomic E-state index is 12.1. The van der Waals surface area contributed by atoms with E-state index in [2.05, 4.69) is 4.90 Å². The first kappa shape index (κ1) is 20.3. The number of aliphatic carboxylic acids is 1. The van der Waals surface area contributed by atoms with Gasteiger partial charge < -0.3 is 14.7 Å². The highest BCUT2D eigenvalue weighted by atomic mass is 16.5. The molecule has 1 aromatic carbocycles. The van der Waals surface area contributed by atoms with Gasteiger partial charge in [0.2, 0.25) is 5.95 Å². The molecular weight excluding hydrogens is 354 g/mol. The van der Waals surface area contributed by atoms with Gasteiger partial charge in [0.1, 0.15) is 0 Å². The lowest BCUT2D eigenvalue weighted by molar-refractivity contribution is -0.139. The van der Waals surface area contributed by atoms with Gasteiger partial charge in [-0.3, -0.25) is 4.79 Å². The third-order valence-corrected chi connectivity index (χ3v) is 5.35. The molecule has 2 aromatic rings. The van der Waals surface area contributed by atoms with Crippen LogP contribution in [0.5, 0.6) is 0 Å². The highest BCUT2D eigenvalue weighted by Crippen LogP contribution is 2.34. The molecule has 1 fully saturated rings. The van der Waals surface area contributed by atoms with Crippen LogP contribution in [0.2, 0.25) is 0 Å². The molecule has 1 saturated heterocycles. The monoisotopic (exact) mass is 383 g/mol. The molecule has 1 aliphatic heterocycles. The average Bonchev–Trinajstić information content (AvgIpc) is 2.70. The molecule has 6 nitrogen and oxygen atoms in total. The predicted molar refractivity (Wildman–Crippen MR) is 110 cm³/mol. The van der Waals surface area contributed by atoms with Gasteiger partial charge in [-0.2, -0.15) is 0 Å². The summed E-state index contributed by atoms with van der Waals surface area (Å²) in [5.41, 5.74) is 4.22. The van der Waals surface area contributed by atoms with Gasteiger partial charge in [-0.15, -0.1) is 0 Å². The van der Waals surface area contributed by atoms with Gasteiger partial charge in [-0.1, -0.05) is 29.8 Å². The molecule has 0 bridgehead atoms. The molecule has 28 heavy (non-hydrogen) atoms. The van der Waals surface area contributed by atoms with Gasteiger partial charge in [0.15, 0.2) is 0 Å². The third-order valence-electron chi connectivity index (χ3n) is 5.35. The minimum absolute atomic E-state index is 0.373. The Bertz CT molecular complexity index is 815. The molecule has 1 aromatic heterocycles. The van der Waals surface area contributed by atoms with E-state index in [4.69, 9.17) is 14.7 Å². The largest absolute Gasteiger partial charge is 0.481 e. The summed E-state index contributed by atoms with van der Waals surface area (Å²) in [5, 5.41) is 9.89. The first-order valence-electron chi connectivity index (χ1n) is 9.93. The number of ether oxygens (including phenoxy) is 1. The Morgan fingerprint density at radius 3 is 2.43 bits per heavy atom. The Labute approximate surface area is 166 Å². The molecule has 0 spiro atoms. The average molecular weight is 383 g/mol. The molecule has 0 aliphatic carbocycles. The van der Waals surface area contributed by atoms with E-state index in [0.717, 1.165) is 48.4 Å². The Morgan fingerprint density at radius 2 is 1.82 bits per heavy atom. The normalized spacial score (nSPS) is 15.5. The van der Waals surface area contributed by atoms with Crippen molar-refractivity contribution in [2.45, 2.75) is 45.4 Å². The summed E-state index contributed by atoms with van der Waals surface area (Å²) in [7, 11) is 1.59. The van der Waals surface area contributed by atoms with Crippen LogP contribution in [0.25, 0.3) is 11.3 Å². The number of carboxylic acids is 1. The summed E-state index contributed by atoms with van der Waals surface area (Å²) in [6, 6.07) is 8.08. The molecule has 1 N–H and O–H groups in total. The highest BCUT2D eigenvalue weighted by molar-refractivity contribution is 5.81. The highest BCUT2D eigenvalue weighted by Gasteiger charge is 2.28. The van der Waals surface area contributed by atoms with Crippen molar-refractivity contribution in [2.75, 3.05) is 31.7 Å². The second-order valence-corrected chi connectivity index (χ2v) is 7.46. The molecule has 3 rings (SSSR count). The lowest BCUT2D eigenvalue weighted by Crippen LogP contribution is -2.31. The maximum Gasteiger partial charge on any atom is 0.311 e. The van der Waals surface area contributed by atoms with E-state index in [1.54, 1.807) is 7.11 Å². The Kier molecular flexibility index (Phi) is 6.62. The fourth-order valence-corrected chi connectivity index (χ4v) is 3.78. The number of aryl methyl sites for hydroxylation is 2. The van der Waals surface area contributed by atoms with Crippen LogP contribution < -0.4 is 4.90 Å². The van der Waals surface area contributed by atoms with Crippen molar-refractivity contribution in [1.29, 1.82) is 0 Å². The Hall–Kier alpha value is -2.47. The molecule has 1 atom stereocenters. The SMILES string of the molecule is COCCC(C(=O)O)c1c(C)nc(N2CCCCC2)nc1-c1ccc(C)cc1. The maximum atomic E-state index is 12.1. The number of hydrogen-bond donors (Lipinski definition) is 1. The summed E-state index contributed by atoms with van der Waals surface area (Å²) in [6.45, 7) is 6.19. The van der Waals surface area contributed by atoms with E-state index in [-0.39, 0.29) is 0 Å². The van der Waals surface area contributed by atoms with E-state index >= 15 is 0 Å².